The monoisotopic (exact) mass is 289 g/mol. The molecule has 1 aromatic rings. The summed E-state index contributed by atoms with van der Waals surface area (Å²) in [5.41, 5.74) is 3.90. The fourth-order valence-electron chi connectivity index (χ4n) is 4.22. The average molecular weight is 289 g/mol. The quantitative estimate of drug-likeness (QED) is 0.899. The molecule has 0 aromatic heterocycles. The van der Waals surface area contributed by atoms with Gasteiger partial charge in [-0.2, -0.15) is 0 Å². The minimum atomic E-state index is 0.334. The molecule has 21 heavy (non-hydrogen) atoms. The van der Waals surface area contributed by atoms with E-state index in [1.165, 1.54) is 36.0 Å². The summed E-state index contributed by atoms with van der Waals surface area (Å²) in [4.78, 5) is 0. The number of aryl methyl sites for hydroxylation is 2. The minimum absolute atomic E-state index is 0.334. The van der Waals surface area contributed by atoms with Gasteiger partial charge >= 0.3 is 0 Å². The van der Waals surface area contributed by atoms with Gasteiger partial charge in [-0.25, -0.2) is 0 Å². The van der Waals surface area contributed by atoms with Crippen molar-refractivity contribution < 1.29 is 9.47 Å². The molecule has 4 atom stereocenters. The number of hydrogen-bond acceptors (Lipinski definition) is 3. The summed E-state index contributed by atoms with van der Waals surface area (Å²) in [6.45, 7) is 7.47. The number of benzene rings is 1. The zero-order chi connectivity index (χ0) is 15.0. The molecule has 3 heteroatoms. The van der Waals surface area contributed by atoms with Crippen LogP contribution in [-0.4, -0.2) is 25.9 Å². The third-order valence-corrected chi connectivity index (χ3v) is 5.03. The van der Waals surface area contributed by atoms with Crippen molar-refractivity contribution in [2.45, 2.75) is 58.3 Å². The maximum atomic E-state index is 6.09. The van der Waals surface area contributed by atoms with E-state index >= 15 is 0 Å². The fraction of sp³-hybridized carbons (Fsp3) is 0.667. The molecule has 0 saturated carbocycles. The molecule has 2 fully saturated rings. The molecule has 2 bridgehead atoms. The Bertz CT molecular complexity index is 514. The molecule has 1 N–H and O–H groups in total. The highest BCUT2D eigenvalue weighted by molar-refractivity contribution is 5.45. The average Bonchev–Trinajstić information content (AvgIpc) is 3.07. The molecular formula is C18H27NO2. The van der Waals surface area contributed by atoms with Crippen molar-refractivity contribution in [2.24, 2.45) is 5.92 Å². The van der Waals surface area contributed by atoms with E-state index in [2.05, 4.69) is 38.2 Å². The topological polar surface area (TPSA) is 30.5 Å². The number of methoxy groups -OCH3 is 1. The molecule has 116 valence electrons. The number of fused-ring (bicyclic) bond motifs is 2. The van der Waals surface area contributed by atoms with E-state index in [9.17, 15) is 0 Å². The summed E-state index contributed by atoms with van der Waals surface area (Å²) in [6, 6.07) is 4.75. The molecule has 0 radical (unpaired) electrons. The van der Waals surface area contributed by atoms with Gasteiger partial charge in [0, 0.05) is 17.5 Å². The van der Waals surface area contributed by atoms with Gasteiger partial charge in [-0.15, -0.1) is 0 Å². The van der Waals surface area contributed by atoms with Gasteiger partial charge in [0.15, 0.2) is 0 Å². The molecule has 2 saturated heterocycles. The lowest BCUT2D eigenvalue weighted by Gasteiger charge is -2.31. The summed E-state index contributed by atoms with van der Waals surface area (Å²) in [5.74, 6) is 1.58. The van der Waals surface area contributed by atoms with Crippen LogP contribution in [0.25, 0.3) is 0 Å². The SMILES string of the molecule is CCNC(c1c(C)cc(C)cc1OC)C1CC2CCC1O2. The van der Waals surface area contributed by atoms with Crippen molar-refractivity contribution in [3.05, 3.63) is 28.8 Å². The zero-order valence-electron chi connectivity index (χ0n) is 13.6. The minimum Gasteiger partial charge on any atom is -0.496 e. The van der Waals surface area contributed by atoms with Crippen LogP contribution in [0.15, 0.2) is 12.1 Å². The first kappa shape index (κ1) is 14.9. The van der Waals surface area contributed by atoms with Crippen LogP contribution in [-0.2, 0) is 4.74 Å². The lowest BCUT2D eigenvalue weighted by molar-refractivity contribution is 0.0855. The van der Waals surface area contributed by atoms with E-state index in [-0.39, 0.29) is 0 Å². The van der Waals surface area contributed by atoms with E-state index in [1.54, 1.807) is 7.11 Å². The van der Waals surface area contributed by atoms with Crippen LogP contribution in [0.2, 0.25) is 0 Å². The van der Waals surface area contributed by atoms with E-state index < -0.39 is 0 Å². The van der Waals surface area contributed by atoms with Gasteiger partial charge < -0.3 is 14.8 Å². The number of hydrogen-bond donors (Lipinski definition) is 1. The van der Waals surface area contributed by atoms with Crippen LogP contribution in [0.4, 0.5) is 0 Å². The Kier molecular flexibility index (Phi) is 4.23. The molecular weight excluding hydrogens is 262 g/mol. The van der Waals surface area contributed by atoms with Crippen molar-refractivity contribution in [1.82, 2.24) is 5.32 Å². The van der Waals surface area contributed by atoms with E-state index in [1.807, 2.05) is 0 Å². The Labute approximate surface area is 128 Å². The predicted octanol–water partition coefficient (Wildman–Crippen LogP) is 3.53. The van der Waals surface area contributed by atoms with Crippen LogP contribution >= 0.6 is 0 Å². The second kappa shape index (κ2) is 5.98. The molecule has 0 amide bonds. The fourth-order valence-corrected chi connectivity index (χ4v) is 4.22. The lowest BCUT2D eigenvalue weighted by atomic mass is 9.79. The molecule has 3 rings (SSSR count). The maximum Gasteiger partial charge on any atom is 0.124 e. The third kappa shape index (κ3) is 2.69. The van der Waals surface area contributed by atoms with Gasteiger partial charge in [-0.1, -0.05) is 13.0 Å². The summed E-state index contributed by atoms with van der Waals surface area (Å²) in [7, 11) is 1.78. The van der Waals surface area contributed by atoms with Gasteiger partial charge in [0.25, 0.3) is 0 Å². The normalized spacial score (nSPS) is 28.9. The van der Waals surface area contributed by atoms with Crippen molar-refractivity contribution in [1.29, 1.82) is 0 Å². The van der Waals surface area contributed by atoms with Crippen molar-refractivity contribution in [2.75, 3.05) is 13.7 Å². The summed E-state index contributed by atoms with van der Waals surface area (Å²) in [5, 5.41) is 3.70. The first-order valence-electron chi connectivity index (χ1n) is 8.18. The van der Waals surface area contributed by atoms with Gasteiger partial charge in [-0.3, -0.25) is 0 Å². The zero-order valence-corrected chi connectivity index (χ0v) is 13.6. The molecule has 0 spiro atoms. The first-order valence-corrected chi connectivity index (χ1v) is 8.18. The number of rotatable bonds is 5. The molecule has 4 unspecified atom stereocenters. The van der Waals surface area contributed by atoms with E-state index in [4.69, 9.17) is 9.47 Å². The van der Waals surface area contributed by atoms with Crippen molar-refractivity contribution >= 4 is 0 Å². The Morgan fingerprint density at radius 1 is 1.33 bits per heavy atom. The van der Waals surface area contributed by atoms with Gasteiger partial charge in [0.05, 0.1) is 19.3 Å². The Morgan fingerprint density at radius 2 is 2.14 bits per heavy atom. The standard InChI is InChI=1S/C18H27NO2/c1-5-19-18(14-10-13-6-7-15(14)21-13)17-12(3)8-11(2)9-16(17)20-4/h8-9,13-15,18-19H,5-7,10H2,1-4H3. The largest absolute Gasteiger partial charge is 0.496 e. The van der Waals surface area contributed by atoms with Crippen LogP contribution < -0.4 is 10.1 Å². The van der Waals surface area contributed by atoms with Gasteiger partial charge in [-0.05, 0) is 56.8 Å². The molecule has 1 aromatic carbocycles. The highest BCUT2D eigenvalue weighted by atomic mass is 16.5. The summed E-state index contributed by atoms with van der Waals surface area (Å²) in [6.07, 6.45) is 4.54. The lowest BCUT2D eigenvalue weighted by Crippen LogP contribution is -2.34. The molecule has 3 nitrogen and oxygen atoms in total. The highest BCUT2D eigenvalue weighted by Gasteiger charge is 2.45. The van der Waals surface area contributed by atoms with Crippen LogP contribution in [0.3, 0.4) is 0 Å². The second-order valence-corrected chi connectivity index (χ2v) is 6.51. The van der Waals surface area contributed by atoms with E-state index in [0.717, 1.165) is 12.3 Å². The number of nitrogens with one attached hydrogen (secondary N) is 1. The Morgan fingerprint density at radius 3 is 2.71 bits per heavy atom. The maximum absolute atomic E-state index is 6.09. The Balaban J connectivity index is 1.97. The summed E-state index contributed by atoms with van der Waals surface area (Å²) >= 11 is 0. The molecule has 2 aliphatic rings. The first-order chi connectivity index (χ1) is 10.1. The predicted molar refractivity (Wildman–Crippen MR) is 84.9 cm³/mol. The van der Waals surface area contributed by atoms with Crippen LogP contribution in [0.5, 0.6) is 5.75 Å². The van der Waals surface area contributed by atoms with Crippen molar-refractivity contribution in [3.8, 4) is 5.75 Å². The Hall–Kier alpha value is -1.06. The van der Waals surface area contributed by atoms with Gasteiger partial charge in [0.1, 0.15) is 5.75 Å². The highest BCUT2D eigenvalue weighted by Crippen LogP contribution is 2.47. The van der Waals surface area contributed by atoms with Crippen LogP contribution in [0, 0.1) is 19.8 Å². The van der Waals surface area contributed by atoms with Gasteiger partial charge in [0.2, 0.25) is 0 Å². The summed E-state index contributed by atoms with van der Waals surface area (Å²) < 4.78 is 11.8. The van der Waals surface area contributed by atoms with Crippen LogP contribution in [0.1, 0.15) is 48.9 Å². The number of ether oxygens (including phenoxy) is 2. The molecule has 2 aliphatic heterocycles. The molecule has 2 heterocycles. The van der Waals surface area contributed by atoms with Crippen molar-refractivity contribution in [3.63, 3.8) is 0 Å². The molecule has 0 aliphatic carbocycles. The third-order valence-electron chi connectivity index (χ3n) is 5.03. The smallest absolute Gasteiger partial charge is 0.124 e. The van der Waals surface area contributed by atoms with E-state index in [0.29, 0.717) is 24.2 Å². The second-order valence-electron chi connectivity index (χ2n) is 6.51.